The van der Waals surface area contributed by atoms with Crippen LogP contribution in [0.1, 0.15) is 30.9 Å². The van der Waals surface area contributed by atoms with Gasteiger partial charge >= 0.3 is 0 Å². The third kappa shape index (κ3) is 3.41. The number of benzene rings is 2. The number of nitrogens with zero attached hydrogens (tertiary/aromatic N) is 1. The highest BCUT2D eigenvalue weighted by Crippen LogP contribution is 2.34. The van der Waals surface area contributed by atoms with Gasteiger partial charge in [-0.3, -0.25) is 0 Å². The summed E-state index contributed by atoms with van der Waals surface area (Å²) >= 11 is 6.83. The van der Waals surface area contributed by atoms with Crippen molar-refractivity contribution >= 4 is 31.9 Å². The van der Waals surface area contributed by atoms with E-state index in [0.717, 1.165) is 20.3 Å². The molecule has 0 amide bonds. The molecule has 0 heterocycles. The van der Waals surface area contributed by atoms with E-state index in [1.807, 2.05) is 24.3 Å². The summed E-state index contributed by atoms with van der Waals surface area (Å²) in [6.45, 7) is 4.23. The maximum absolute atomic E-state index is 9.19. The van der Waals surface area contributed by atoms with Crippen LogP contribution in [0.3, 0.4) is 0 Å². The van der Waals surface area contributed by atoms with Crippen LogP contribution in [0.4, 0.5) is 0 Å². The van der Waals surface area contributed by atoms with Gasteiger partial charge in [0, 0.05) is 8.95 Å². The summed E-state index contributed by atoms with van der Waals surface area (Å²) in [5.74, 6) is 1.69. The Bertz CT molecular complexity index is 675. The fourth-order valence-corrected chi connectivity index (χ4v) is 2.60. The Morgan fingerprint density at radius 3 is 2.20 bits per heavy atom. The maximum atomic E-state index is 9.19. The molecule has 2 nitrogen and oxygen atoms in total. The molecule has 0 aliphatic rings. The highest BCUT2D eigenvalue weighted by Gasteiger charge is 2.12. The van der Waals surface area contributed by atoms with Crippen LogP contribution in [-0.2, 0) is 0 Å². The zero-order valence-corrected chi connectivity index (χ0v) is 14.3. The first-order valence-corrected chi connectivity index (χ1v) is 7.77. The van der Waals surface area contributed by atoms with Gasteiger partial charge in [-0.25, -0.2) is 0 Å². The van der Waals surface area contributed by atoms with E-state index in [2.05, 4.69) is 51.8 Å². The van der Waals surface area contributed by atoms with Gasteiger partial charge in [0.2, 0.25) is 0 Å². The minimum atomic E-state index is 0.337. The molecule has 0 spiro atoms. The van der Waals surface area contributed by atoms with E-state index in [1.165, 1.54) is 0 Å². The lowest BCUT2D eigenvalue weighted by atomic mass is 10.0. The summed E-state index contributed by atoms with van der Waals surface area (Å²) < 4.78 is 7.82. The summed E-state index contributed by atoms with van der Waals surface area (Å²) in [6.07, 6.45) is 0. The van der Waals surface area contributed by atoms with Crippen LogP contribution in [-0.4, -0.2) is 0 Å². The monoisotopic (exact) mass is 393 g/mol. The fourth-order valence-electron chi connectivity index (χ4n) is 1.86. The van der Waals surface area contributed by atoms with Gasteiger partial charge in [-0.1, -0.05) is 45.7 Å². The van der Waals surface area contributed by atoms with Gasteiger partial charge in [-0.15, -0.1) is 0 Å². The molecule has 0 fully saturated rings. The Labute approximate surface area is 135 Å². The zero-order chi connectivity index (χ0) is 14.7. The average Bonchev–Trinajstić information content (AvgIpc) is 2.42. The molecule has 2 rings (SSSR count). The van der Waals surface area contributed by atoms with Crippen molar-refractivity contribution in [2.75, 3.05) is 0 Å². The van der Waals surface area contributed by atoms with Gasteiger partial charge in [0.15, 0.2) is 0 Å². The molecule has 2 aromatic rings. The Kier molecular flexibility index (Phi) is 4.85. The molecule has 0 N–H and O–H groups in total. The first kappa shape index (κ1) is 15.1. The Morgan fingerprint density at radius 1 is 1.00 bits per heavy atom. The molecule has 0 aliphatic carbocycles. The number of rotatable bonds is 3. The van der Waals surface area contributed by atoms with Crippen molar-refractivity contribution in [3.8, 4) is 17.6 Å². The van der Waals surface area contributed by atoms with Crippen molar-refractivity contribution in [2.24, 2.45) is 0 Å². The van der Waals surface area contributed by atoms with Gasteiger partial charge in [0.05, 0.1) is 5.56 Å². The third-order valence-electron chi connectivity index (χ3n) is 2.88. The lowest BCUT2D eigenvalue weighted by Crippen LogP contribution is -1.95. The van der Waals surface area contributed by atoms with Crippen molar-refractivity contribution in [1.82, 2.24) is 0 Å². The van der Waals surface area contributed by atoms with Gasteiger partial charge in [0.1, 0.15) is 17.6 Å². The Balaban J connectivity index is 2.43. The predicted octanol–water partition coefficient (Wildman–Crippen LogP) is 6.00. The van der Waals surface area contributed by atoms with Crippen LogP contribution in [0.2, 0.25) is 0 Å². The average molecular weight is 395 g/mol. The molecule has 0 atom stereocenters. The van der Waals surface area contributed by atoms with Crippen LogP contribution in [0.15, 0.2) is 45.3 Å². The van der Waals surface area contributed by atoms with Gasteiger partial charge < -0.3 is 4.74 Å². The number of hydrogen-bond acceptors (Lipinski definition) is 2. The van der Waals surface area contributed by atoms with Crippen molar-refractivity contribution in [2.45, 2.75) is 19.8 Å². The highest BCUT2D eigenvalue weighted by molar-refractivity contribution is 9.10. The maximum Gasteiger partial charge on any atom is 0.145 e. The summed E-state index contributed by atoms with van der Waals surface area (Å²) in [5, 5.41) is 9.19. The Morgan fingerprint density at radius 2 is 1.60 bits per heavy atom. The Hall–Kier alpha value is -1.31. The van der Waals surface area contributed by atoms with E-state index in [1.54, 1.807) is 12.1 Å². The smallest absolute Gasteiger partial charge is 0.145 e. The second-order valence-electron chi connectivity index (χ2n) is 4.69. The van der Waals surface area contributed by atoms with E-state index >= 15 is 0 Å². The zero-order valence-electron chi connectivity index (χ0n) is 11.2. The van der Waals surface area contributed by atoms with Crippen LogP contribution in [0.5, 0.6) is 11.5 Å². The summed E-state index contributed by atoms with van der Waals surface area (Å²) in [5.41, 5.74) is 1.61. The van der Waals surface area contributed by atoms with Gasteiger partial charge in [-0.2, -0.15) is 5.26 Å². The van der Waals surface area contributed by atoms with Crippen molar-refractivity contribution < 1.29 is 4.74 Å². The molecule has 4 heteroatoms. The predicted molar refractivity (Wildman–Crippen MR) is 87.2 cm³/mol. The first-order valence-electron chi connectivity index (χ1n) is 6.18. The van der Waals surface area contributed by atoms with Gasteiger partial charge in [0.25, 0.3) is 0 Å². The van der Waals surface area contributed by atoms with E-state index in [9.17, 15) is 5.26 Å². The van der Waals surface area contributed by atoms with E-state index in [4.69, 9.17) is 4.74 Å². The number of halogens is 2. The molecule has 20 heavy (non-hydrogen) atoms. The molecule has 102 valence electrons. The molecular weight excluding hydrogens is 382 g/mol. The van der Waals surface area contributed by atoms with Gasteiger partial charge in [-0.05, 0) is 47.9 Å². The minimum absolute atomic E-state index is 0.337. The quantitative estimate of drug-likeness (QED) is 0.639. The fraction of sp³-hybridized carbons (Fsp3) is 0.188. The van der Waals surface area contributed by atoms with Crippen LogP contribution < -0.4 is 4.74 Å². The molecule has 0 unspecified atom stereocenters. The molecule has 0 saturated carbocycles. The van der Waals surface area contributed by atoms with Crippen LogP contribution in [0, 0.1) is 11.3 Å². The van der Waals surface area contributed by atoms with Crippen LogP contribution in [0.25, 0.3) is 0 Å². The lowest BCUT2D eigenvalue weighted by Gasteiger charge is -2.15. The van der Waals surface area contributed by atoms with Crippen molar-refractivity contribution in [1.29, 1.82) is 5.26 Å². The van der Waals surface area contributed by atoms with E-state index in [0.29, 0.717) is 17.2 Å². The van der Waals surface area contributed by atoms with E-state index < -0.39 is 0 Å². The normalized spacial score (nSPS) is 10.4. The SMILES string of the molecule is CC(C)c1cc(Br)ccc1Oc1ccc(Br)cc1C#N. The topological polar surface area (TPSA) is 33.0 Å². The highest BCUT2D eigenvalue weighted by atomic mass is 79.9. The third-order valence-corrected chi connectivity index (χ3v) is 3.86. The van der Waals surface area contributed by atoms with E-state index in [-0.39, 0.29) is 0 Å². The summed E-state index contributed by atoms with van der Waals surface area (Å²) in [6, 6.07) is 13.5. The molecule has 0 saturated heterocycles. The standard InChI is InChI=1S/C16H13Br2NO/c1-10(2)14-8-13(18)4-6-16(14)20-15-5-3-12(17)7-11(15)9-19/h3-8,10H,1-2H3. The number of nitriles is 1. The number of ether oxygens (including phenoxy) is 1. The summed E-state index contributed by atoms with van der Waals surface area (Å²) in [7, 11) is 0. The molecule has 0 aromatic heterocycles. The molecule has 0 radical (unpaired) electrons. The second kappa shape index (κ2) is 6.43. The first-order chi connectivity index (χ1) is 9.51. The second-order valence-corrected chi connectivity index (χ2v) is 6.52. The summed E-state index contributed by atoms with van der Waals surface area (Å²) in [4.78, 5) is 0. The largest absolute Gasteiger partial charge is 0.456 e. The van der Waals surface area contributed by atoms with Crippen molar-refractivity contribution in [3.63, 3.8) is 0 Å². The lowest BCUT2D eigenvalue weighted by molar-refractivity contribution is 0.471. The van der Waals surface area contributed by atoms with Crippen molar-refractivity contribution in [3.05, 3.63) is 56.5 Å². The number of hydrogen-bond donors (Lipinski definition) is 0. The van der Waals surface area contributed by atoms with Crippen LogP contribution >= 0.6 is 31.9 Å². The molecule has 0 aliphatic heterocycles. The molecule has 0 bridgehead atoms. The minimum Gasteiger partial charge on any atom is -0.456 e. The molecule has 2 aromatic carbocycles. The molecular formula is C16H13Br2NO.